The van der Waals surface area contributed by atoms with Gasteiger partial charge in [-0.2, -0.15) is 0 Å². The summed E-state index contributed by atoms with van der Waals surface area (Å²) in [6.45, 7) is 2.13. The van der Waals surface area contributed by atoms with Crippen molar-refractivity contribution in [1.29, 1.82) is 0 Å². The molecule has 1 fully saturated rings. The number of aromatic hydroxyl groups is 1. The maximum Gasteiger partial charge on any atom is 0.115 e. The topological polar surface area (TPSA) is 46.2 Å². The predicted molar refractivity (Wildman–Crippen MR) is 72.5 cm³/mol. The van der Waals surface area contributed by atoms with E-state index in [9.17, 15) is 5.11 Å². The molecule has 2 heteroatoms. The summed E-state index contributed by atoms with van der Waals surface area (Å²) in [5, 5.41) is 9.33. The first kappa shape index (κ1) is 11.3. The number of rotatable bonds is 2. The van der Waals surface area contributed by atoms with Crippen LogP contribution in [0.2, 0.25) is 0 Å². The average Bonchev–Trinajstić information content (AvgIpc) is 3.04. The highest BCUT2D eigenvalue weighted by Crippen LogP contribution is 2.57. The number of nitrogens with two attached hydrogens (primary N) is 1. The van der Waals surface area contributed by atoms with E-state index in [1.54, 1.807) is 12.1 Å². The van der Waals surface area contributed by atoms with Crippen LogP contribution in [0, 0.1) is 6.92 Å². The lowest BCUT2D eigenvalue weighted by Gasteiger charge is -2.13. The Morgan fingerprint density at radius 3 is 2.44 bits per heavy atom. The molecule has 0 amide bonds. The summed E-state index contributed by atoms with van der Waals surface area (Å²) in [5.74, 6) is 0.679. The Balaban J connectivity index is 1.92. The largest absolute Gasteiger partial charge is 0.508 e. The quantitative estimate of drug-likeness (QED) is 0.846. The second kappa shape index (κ2) is 3.85. The maximum atomic E-state index is 9.33. The van der Waals surface area contributed by atoms with Gasteiger partial charge in [0.1, 0.15) is 5.75 Å². The van der Waals surface area contributed by atoms with E-state index in [-0.39, 0.29) is 11.3 Å². The van der Waals surface area contributed by atoms with Gasteiger partial charge in [-0.05, 0) is 42.2 Å². The van der Waals surface area contributed by atoms with Crippen molar-refractivity contribution in [3.63, 3.8) is 0 Å². The smallest absolute Gasteiger partial charge is 0.115 e. The van der Waals surface area contributed by atoms with Crippen LogP contribution in [0.15, 0.2) is 48.5 Å². The molecule has 2 aromatic carbocycles. The molecule has 18 heavy (non-hydrogen) atoms. The van der Waals surface area contributed by atoms with Gasteiger partial charge in [0.05, 0.1) is 0 Å². The molecule has 1 saturated carbocycles. The molecular weight excluding hydrogens is 222 g/mol. The molecule has 1 aliphatic rings. The van der Waals surface area contributed by atoms with Crippen LogP contribution in [0.4, 0.5) is 0 Å². The van der Waals surface area contributed by atoms with Crippen molar-refractivity contribution in [1.82, 2.24) is 0 Å². The summed E-state index contributed by atoms with van der Waals surface area (Å²) in [6, 6.07) is 15.7. The van der Waals surface area contributed by atoms with E-state index in [2.05, 4.69) is 31.2 Å². The Hall–Kier alpha value is -1.80. The Kier molecular flexibility index (Phi) is 2.42. The van der Waals surface area contributed by atoms with E-state index in [1.807, 2.05) is 12.1 Å². The van der Waals surface area contributed by atoms with Gasteiger partial charge >= 0.3 is 0 Å². The third kappa shape index (κ3) is 1.70. The summed E-state index contributed by atoms with van der Waals surface area (Å²) in [7, 11) is 0. The lowest BCUT2D eigenvalue weighted by molar-refractivity contribution is 0.474. The SMILES string of the molecule is Cc1ccccc1C1CC1(N)c1ccc(O)cc1. The zero-order valence-corrected chi connectivity index (χ0v) is 10.4. The van der Waals surface area contributed by atoms with Crippen molar-refractivity contribution in [2.45, 2.75) is 24.8 Å². The normalized spacial score (nSPS) is 26.0. The van der Waals surface area contributed by atoms with Gasteiger partial charge in [-0.25, -0.2) is 0 Å². The zero-order valence-electron chi connectivity index (χ0n) is 10.4. The van der Waals surface area contributed by atoms with E-state index < -0.39 is 0 Å². The van der Waals surface area contributed by atoms with Gasteiger partial charge in [0.2, 0.25) is 0 Å². The van der Waals surface area contributed by atoms with Crippen LogP contribution in [-0.2, 0) is 5.54 Å². The number of hydrogen-bond donors (Lipinski definition) is 2. The third-order valence-electron chi connectivity index (χ3n) is 3.97. The molecule has 0 radical (unpaired) electrons. The number of phenols is 1. The first-order chi connectivity index (χ1) is 8.61. The zero-order chi connectivity index (χ0) is 12.8. The number of hydrogen-bond acceptors (Lipinski definition) is 2. The van der Waals surface area contributed by atoms with E-state index in [0.29, 0.717) is 5.92 Å². The summed E-state index contributed by atoms with van der Waals surface area (Å²) in [5.41, 5.74) is 9.96. The summed E-state index contributed by atoms with van der Waals surface area (Å²) in [6.07, 6.45) is 0.975. The molecule has 0 aromatic heterocycles. The number of phenolic OH excluding ortho intramolecular Hbond substituents is 1. The van der Waals surface area contributed by atoms with Crippen LogP contribution in [0.1, 0.15) is 29.0 Å². The van der Waals surface area contributed by atoms with Gasteiger partial charge in [0.25, 0.3) is 0 Å². The van der Waals surface area contributed by atoms with E-state index in [4.69, 9.17) is 5.73 Å². The third-order valence-corrected chi connectivity index (χ3v) is 3.97. The molecule has 2 atom stereocenters. The van der Waals surface area contributed by atoms with Crippen LogP contribution in [-0.4, -0.2) is 5.11 Å². The van der Waals surface area contributed by atoms with E-state index >= 15 is 0 Å². The van der Waals surface area contributed by atoms with Gasteiger partial charge in [-0.1, -0.05) is 36.4 Å². The average molecular weight is 239 g/mol. The van der Waals surface area contributed by atoms with Gasteiger partial charge in [-0.15, -0.1) is 0 Å². The molecule has 0 saturated heterocycles. The first-order valence-corrected chi connectivity index (χ1v) is 6.25. The molecule has 2 aromatic rings. The molecule has 0 aliphatic heterocycles. The highest BCUT2D eigenvalue weighted by molar-refractivity contribution is 5.45. The van der Waals surface area contributed by atoms with Crippen molar-refractivity contribution in [3.8, 4) is 5.75 Å². The predicted octanol–water partition coefficient (Wildman–Crippen LogP) is 3.04. The van der Waals surface area contributed by atoms with Crippen LogP contribution >= 0.6 is 0 Å². The minimum absolute atomic E-state index is 0.264. The Bertz CT molecular complexity index is 576. The highest BCUT2D eigenvalue weighted by Gasteiger charge is 2.53. The molecule has 1 aliphatic carbocycles. The number of benzene rings is 2. The summed E-state index contributed by atoms with van der Waals surface area (Å²) >= 11 is 0. The fourth-order valence-electron chi connectivity index (χ4n) is 2.73. The monoisotopic (exact) mass is 239 g/mol. The standard InChI is InChI=1S/C16H17NO/c1-11-4-2-3-5-14(11)15-10-16(15,17)12-6-8-13(18)9-7-12/h2-9,15,18H,10,17H2,1H3. The molecule has 0 spiro atoms. The fourth-order valence-corrected chi connectivity index (χ4v) is 2.73. The fraction of sp³-hybridized carbons (Fsp3) is 0.250. The van der Waals surface area contributed by atoms with Gasteiger partial charge in [0.15, 0.2) is 0 Å². The van der Waals surface area contributed by atoms with E-state index in [1.165, 1.54) is 11.1 Å². The van der Waals surface area contributed by atoms with Crippen molar-refractivity contribution >= 4 is 0 Å². The van der Waals surface area contributed by atoms with Crippen LogP contribution in [0.25, 0.3) is 0 Å². The van der Waals surface area contributed by atoms with Crippen molar-refractivity contribution in [3.05, 3.63) is 65.2 Å². The highest BCUT2D eigenvalue weighted by atomic mass is 16.3. The van der Waals surface area contributed by atoms with Gasteiger partial charge < -0.3 is 10.8 Å². The second-order valence-electron chi connectivity index (χ2n) is 5.20. The molecule has 0 heterocycles. The molecule has 3 N–H and O–H groups in total. The van der Waals surface area contributed by atoms with Crippen LogP contribution in [0.5, 0.6) is 5.75 Å². The Labute approximate surface area is 107 Å². The van der Waals surface area contributed by atoms with Crippen LogP contribution in [0.3, 0.4) is 0 Å². The maximum absolute atomic E-state index is 9.33. The minimum atomic E-state index is -0.264. The molecule has 2 unspecified atom stereocenters. The lowest BCUT2D eigenvalue weighted by atomic mass is 9.97. The Morgan fingerprint density at radius 1 is 1.11 bits per heavy atom. The van der Waals surface area contributed by atoms with E-state index in [0.717, 1.165) is 12.0 Å². The number of aryl methyl sites for hydroxylation is 1. The summed E-state index contributed by atoms with van der Waals surface area (Å²) in [4.78, 5) is 0. The van der Waals surface area contributed by atoms with Gasteiger partial charge in [-0.3, -0.25) is 0 Å². The van der Waals surface area contributed by atoms with Crippen LogP contribution < -0.4 is 5.73 Å². The molecule has 3 rings (SSSR count). The van der Waals surface area contributed by atoms with Crippen molar-refractivity contribution in [2.24, 2.45) is 5.73 Å². The van der Waals surface area contributed by atoms with Crippen molar-refractivity contribution in [2.75, 3.05) is 0 Å². The molecular formula is C16H17NO. The van der Waals surface area contributed by atoms with Gasteiger partial charge in [0, 0.05) is 11.5 Å². The summed E-state index contributed by atoms with van der Waals surface area (Å²) < 4.78 is 0. The second-order valence-corrected chi connectivity index (χ2v) is 5.20. The molecule has 92 valence electrons. The molecule has 2 nitrogen and oxygen atoms in total. The first-order valence-electron chi connectivity index (χ1n) is 6.25. The Morgan fingerprint density at radius 2 is 1.78 bits per heavy atom. The minimum Gasteiger partial charge on any atom is -0.508 e. The van der Waals surface area contributed by atoms with Crippen molar-refractivity contribution < 1.29 is 5.11 Å². The lowest BCUT2D eigenvalue weighted by Crippen LogP contribution is -2.21. The molecule has 0 bridgehead atoms.